The molecule has 0 saturated carbocycles. The van der Waals surface area contributed by atoms with Crippen LogP contribution in [0.2, 0.25) is 0 Å². The lowest BCUT2D eigenvalue weighted by Gasteiger charge is -2.32. The van der Waals surface area contributed by atoms with Crippen LogP contribution in [0.15, 0.2) is 48.5 Å². The minimum atomic E-state index is -0.908. The van der Waals surface area contributed by atoms with Crippen LogP contribution in [-0.4, -0.2) is 50.8 Å². The standard InChI is InChI=1S/C24H28N4O3/c1-16(2)28-21-6-4-3-5-20(21)22(26-28)23(29)25-19-11-13-27(14-12-19)15-17-7-9-18(10-8-17)24(30)31/h3-10,16,19H,11-15H2,1-2H3,(H,25,29)(H,30,31). The maximum Gasteiger partial charge on any atom is 0.335 e. The number of carbonyl (C=O) groups excluding carboxylic acids is 1. The van der Waals surface area contributed by atoms with E-state index in [1.165, 1.54) is 0 Å². The fourth-order valence-corrected chi connectivity index (χ4v) is 4.15. The maximum absolute atomic E-state index is 13.0. The molecule has 1 fully saturated rings. The summed E-state index contributed by atoms with van der Waals surface area (Å²) in [6.07, 6.45) is 1.75. The van der Waals surface area contributed by atoms with Gasteiger partial charge in [0.05, 0.1) is 11.1 Å². The minimum Gasteiger partial charge on any atom is -0.478 e. The van der Waals surface area contributed by atoms with Gasteiger partial charge in [0, 0.05) is 37.1 Å². The van der Waals surface area contributed by atoms with Gasteiger partial charge >= 0.3 is 5.97 Å². The molecule has 0 radical (unpaired) electrons. The zero-order chi connectivity index (χ0) is 22.0. The number of para-hydroxylation sites is 1. The summed E-state index contributed by atoms with van der Waals surface area (Å²) in [6, 6.07) is 15.2. The van der Waals surface area contributed by atoms with Crippen molar-refractivity contribution in [3.8, 4) is 0 Å². The van der Waals surface area contributed by atoms with Gasteiger partial charge in [0.1, 0.15) is 0 Å². The van der Waals surface area contributed by atoms with Crippen molar-refractivity contribution >= 4 is 22.8 Å². The van der Waals surface area contributed by atoms with E-state index in [0.29, 0.717) is 11.3 Å². The van der Waals surface area contributed by atoms with E-state index < -0.39 is 5.97 Å². The van der Waals surface area contributed by atoms with Crippen molar-refractivity contribution in [1.29, 1.82) is 0 Å². The molecule has 0 spiro atoms. The number of aromatic nitrogens is 2. The third-order valence-electron chi connectivity index (χ3n) is 5.85. The Bertz CT molecular complexity index is 1080. The quantitative estimate of drug-likeness (QED) is 0.635. The molecule has 0 atom stereocenters. The smallest absolute Gasteiger partial charge is 0.335 e. The van der Waals surface area contributed by atoms with Crippen molar-refractivity contribution in [1.82, 2.24) is 20.0 Å². The molecule has 4 rings (SSSR count). The van der Waals surface area contributed by atoms with Crippen LogP contribution in [0.4, 0.5) is 0 Å². The number of hydrogen-bond donors (Lipinski definition) is 2. The van der Waals surface area contributed by atoms with E-state index in [1.54, 1.807) is 12.1 Å². The number of rotatable bonds is 6. The molecule has 2 aromatic carbocycles. The molecule has 0 unspecified atom stereocenters. The number of aromatic carboxylic acids is 1. The van der Waals surface area contributed by atoms with Crippen LogP contribution in [0, 0.1) is 0 Å². The molecule has 1 saturated heterocycles. The van der Waals surface area contributed by atoms with Crippen LogP contribution in [0.3, 0.4) is 0 Å². The molecule has 2 N–H and O–H groups in total. The highest BCUT2D eigenvalue weighted by molar-refractivity contribution is 6.05. The number of benzene rings is 2. The summed E-state index contributed by atoms with van der Waals surface area (Å²) in [5.74, 6) is -1.02. The topological polar surface area (TPSA) is 87.5 Å². The molecule has 0 bridgehead atoms. The summed E-state index contributed by atoms with van der Waals surface area (Å²) < 4.78 is 1.91. The van der Waals surface area contributed by atoms with E-state index in [9.17, 15) is 9.59 Å². The molecule has 1 aliphatic rings. The third-order valence-corrected chi connectivity index (χ3v) is 5.85. The second-order valence-electron chi connectivity index (χ2n) is 8.43. The summed E-state index contributed by atoms with van der Waals surface area (Å²) in [5.41, 5.74) is 2.87. The average Bonchev–Trinajstić information content (AvgIpc) is 3.16. The first-order chi connectivity index (χ1) is 14.9. The molecule has 0 aliphatic carbocycles. The largest absolute Gasteiger partial charge is 0.478 e. The third kappa shape index (κ3) is 4.61. The number of nitrogens with one attached hydrogen (secondary N) is 1. The first-order valence-corrected chi connectivity index (χ1v) is 10.7. The summed E-state index contributed by atoms with van der Waals surface area (Å²) in [5, 5.41) is 17.7. The van der Waals surface area contributed by atoms with Gasteiger partial charge in [-0.15, -0.1) is 0 Å². The van der Waals surface area contributed by atoms with E-state index in [4.69, 9.17) is 5.11 Å². The molecule has 1 aliphatic heterocycles. The van der Waals surface area contributed by atoms with E-state index in [2.05, 4.69) is 29.2 Å². The van der Waals surface area contributed by atoms with Crippen LogP contribution in [0.1, 0.15) is 59.1 Å². The van der Waals surface area contributed by atoms with E-state index in [-0.39, 0.29) is 18.0 Å². The van der Waals surface area contributed by atoms with E-state index >= 15 is 0 Å². The Morgan fingerprint density at radius 3 is 2.42 bits per heavy atom. The first-order valence-electron chi connectivity index (χ1n) is 10.7. The number of carboxylic acid groups (broad SMARTS) is 1. The molecule has 2 heterocycles. The zero-order valence-electron chi connectivity index (χ0n) is 17.9. The van der Waals surface area contributed by atoms with Gasteiger partial charge in [-0.05, 0) is 50.5 Å². The lowest BCUT2D eigenvalue weighted by Crippen LogP contribution is -2.44. The molecule has 1 aromatic heterocycles. The fourth-order valence-electron chi connectivity index (χ4n) is 4.15. The van der Waals surface area contributed by atoms with Crippen LogP contribution < -0.4 is 5.32 Å². The van der Waals surface area contributed by atoms with Crippen molar-refractivity contribution in [2.24, 2.45) is 0 Å². The Balaban J connectivity index is 1.35. The highest BCUT2D eigenvalue weighted by atomic mass is 16.4. The number of fused-ring (bicyclic) bond motifs is 1. The zero-order valence-corrected chi connectivity index (χ0v) is 17.9. The highest BCUT2D eigenvalue weighted by Gasteiger charge is 2.24. The second-order valence-corrected chi connectivity index (χ2v) is 8.43. The number of hydrogen-bond acceptors (Lipinski definition) is 4. The van der Waals surface area contributed by atoms with Crippen molar-refractivity contribution in [3.05, 3.63) is 65.4 Å². The predicted octanol–water partition coefficient (Wildman–Crippen LogP) is 3.71. The van der Waals surface area contributed by atoms with Gasteiger partial charge in [-0.3, -0.25) is 14.4 Å². The Labute approximate surface area is 181 Å². The van der Waals surface area contributed by atoms with Gasteiger partial charge in [0.2, 0.25) is 0 Å². The molecule has 3 aromatic rings. The number of carbonyl (C=O) groups is 2. The van der Waals surface area contributed by atoms with Crippen molar-refractivity contribution in [2.45, 2.75) is 45.3 Å². The predicted molar refractivity (Wildman–Crippen MR) is 119 cm³/mol. The Morgan fingerprint density at radius 2 is 1.77 bits per heavy atom. The minimum absolute atomic E-state index is 0.113. The number of nitrogens with zero attached hydrogens (tertiary/aromatic N) is 3. The number of piperidine rings is 1. The van der Waals surface area contributed by atoms with Gasteiger partial charge in [-0.25, -0.2) is 4.79 Å². The average molecular weight is 421 g/mol. The Morgan fingerprint density at radius 1 is 1.10 bits per heavy atom. The van der Waals surface area contributed by atoms with Gasteiger partial charge in [-0.1, -0.05) is 30.3 Å². The normalized spacial score (nSPS) is 15.5. The summed E-state index contributed by atoms with van der Waals surface area (Å²) in [6.45, 7) is 6.67. The first kappa shape index (κ1) is 21.1. The van der Waals surface area contributed by atoms with Crippen LogP contribution in [0.25, 0.3) is 10.9 Å². The summed E-state index contributed by atoms with van der Waals surface area (Å²) >= 11 is 0. The number of carboxylic acids is 1. The van der Waals surface area contributed by atoms with Gasteiger partial charge in [-0.2, -0.15) is 5.10 Å². The Kier molecular flexibility index (Phi) is 6.04. The van der Waals surface area contributed by atoms with Gasteiger partial charge < -0.3 is 10.4 Å². The number of likely N-dealkylation sites (tertiary alicyclic amines) is 1. The lowest BCUT2D eigenvalue weighted by molar-refractivity contribution is 0.0696. The molecule has 7 nitrogen and oxygen atoms in total. The van der Waals surface area contributed by atoms with Crippen molar-refractivity contribution < 1.29 is 14.7 Å². The number of amides is 1. The van der Waals surface area contributed by atoms with Crippen molar-refractivity contribution in [2.75, 3.05) is 13.1 Å². The molecule has 7 heteroatoms. The van der Waals surface area contributed by atoms with Crippen LogP contribution in [-0.2, 0) is 6.54 Å². The molecule has 31 heavy (non-hydrogen) atoms. The SMILES string of the molecule is CC(C)n1nc(C(=O)NC2CCN(Cc3ccc(C(=O)O)cc3)CC2)c2ccccc21. The summed E-state index contributed by atoms with van der Waals surface area (Å²) in [7, 11) is 0. The summed E-state index contributed by atoms with van der Waals surface area (Å²) in [4.78, 5) is 26.3. The van der Waals surface area contributed by atoms with Crippen LogP contribution in [0.5, 0.6) is 0 Å². The molecule has 162 valence electrons. The van der Waals surface area contributed by atoms with E-state index in [1.807, 2.05) is 41.1 Å². The highest BCUT2D eigenvalue weighted by Crippen LogP contribution is 2.22. The van der Waals surface area contributed by atoms with Crippen LogP contribution >= 0.6 is 0 Å². The molecule has 1 amide bonds. The second kappa shape index (κ2) is 8.89. The van der Waals surface area contributed by atoms with E-state index in [0.717, 1.165) is 48.9 Å². The Hall–Kier alpha value is -3.19. The van der Waals surface area contributed by atoms with Gasteiger partial charge in [0.15, 0.2) is 5.69 Å². The van der Waals surface area contributed by atoms with Crippen molar-refractivity contribution in [3.63, 3.8) is 0 Å². The lowest BCUT2D eigenvalue weighted by atomic mass is 10.0. The molecular formula is C24H28N4O3. The van der Waals surface area contributed by atoms with Gasteiger partial charge in [0.25, 0.3) is 5.91 Å². The maximum atomic E-state index is 13.0. The monoisotopic (exact) mass is 420 g/mol. The molecular weight excluding hydrogens is 392 g/mol. The fraction of sp³-hybridized carbons (Fsp3) is 0.375.